The molecule has 1 aromatic rings. The minimum absolute atomic E-state index is 0.282. The molecule has 0 amide bonds. The summed E-state index contributed by atoms with van der Waals surface area (Å²) in [6, 6.07) is 6.87. The summed E-state index contributed by atoms with van der Waals surface area (Å²) < 4.78 is 21.6. The van der Waals surface area contributed by atoms with Gasteiger partial charge < -0.3 is 29.2 Å². The van der Waals surface area contributed by atoms with Gasteiger partial charge in [-0.25, -0.2) is 14.4 Å². The maximum Gasteiger partial charge on any atom is 0.414 e. The topological polar surface area (TPSA) is 132 Å². The predicted octanol–water partition coefficient (Wildman–Crippen LogP) is 1.13. The molecule has 1 aliphatic rings. The second kappa shape index (κ2) is 13.5. The van der Waals surface area contributed by atoms with Gasteiger partial charge in [0.05, 0.1) is 38.1 Å². The number of hydrogen-bond donors (Lipinski definition) is 2. The molecule has 0 spiro atoms. The van der Waals surface area contributed by atoms with E-state index in [1.807, 2.05) is 0 Å². The zero-order chi connectivity index (χ0) is 22.5. The monoisotopic (exact) mass is 427 g/mol. The maximum atomic E-state index is 11.3. The van der Waals surface area contributed by atoms with Gasteiger partial charge in [0.15, 0.2) is 0 Å². The molecule has 30 heavy (non-hydrogen) atoms. The van der Waals surface area contributed by atoms with E-state index in [1.165, 1.54) is 7.11 Å². The van der Waals surface area contributed by atoms with E-state index in [0.717, 1.165) is 19.6 Å². The molecule has 1 saturated heterocycles. The molecular formula is C20H29NO9. The van der Waals surface area contributed by atoms with Gasteiger partial charge in [-0.3, -0.25) is 4.90 Å². The number of methoxy groups -OCH3 is 1. The first-order valence-corrected chi connectivity index (χ1v) is 9.45. The van der Waals surface area contributed by atoms with Crippen molar-refractivity contribution >= 4 is 17.9 Å². The minimum atomic E-state index is -1.82. The van der Waals surface area contributed by atoms with Crippen LogP contribution in [0.2, 0.25) is 0 Å². The Hall–Kier alpha value is -2.69. The van der Waals surface area contributed by atoms with E-state index in [0.29, 0.717) is 31.1 Å². The van der Waals surface area contributed by atoms with Crippen LogP contribution in [0.3, 0.4) is 0 Å². The molecule has 2 atom stereocenters. The number of morpholine rings is 1. The zero-order valence-corrected chi connectivity index (χ0v) is 17.4. The van der Waals surface area contributed by atoms with Crippen molar-refractivity contribution in [1.29, 1.82) is 0 Å². The molecule has 1 aromatic carbocycles. The second-order valence-corrected chi connectivity index (χ2v) is 6.60. The predicted molar refractivity (Wildman–Crippen MR) is 106 cm³/mol. The van der Waals surface area contributed by atoms with Crippen molar-refractivity contribution in [2.45, 2.75) is 26.1 Å². The van der Waals surface area contributed by atoms with E-state index in [4.69, 9.17) is 34.0 Å². The highest BCUT2D eigenvalue weighted by Crippen LogP contribution is 2.13. The highest BCUT2D eigenvalue weighted by atomic mass is 16.5. The molecule has 10 heteroatoms. The van der Waals surface area contributed by atoms with E-state index in [2.05, 4.69) is 23.5 Å². The number of aliphatic carboxylic acids is 2. The zero-order valence-electron chi connectivity index (χ0n) is 17.4. The van der Waals surface area contributed by atoms with E-state index < -0.39 is 11.9 Å². The maximum absolute atomic E-state index is 11.3. The summed E-state index contributed by atoms with van der Waals surface area (Å²) in [5.74, 6) is -3.29. The first-order valence-electron chi connectivity index (χ1n) is 9.45. The normalized spacial score (nSPS) is 18.6. The van der Waals surface area contributed by atoms with E-state index in [9.17, 15) is 4.79 Å². The minimum Gasteiger partial charge on any atom is -0.491 e. The molecule has 1 heterocycles. The molecule has 0 radical (unpaired) electrons. The molecule has 168 valence electrons. The fraction of sp³-hybridized carbons (Fsp3) is 0.550. The van der Waals surface area contributed by atoms with E-state index in [-0.39, 0.29) is 18.2 Å². The molecule has 1 aliphatic heterocycles. The van der Waals surface area contributed by atoms with Crippen molar-refractivity contribution in [1.82, 2.24) is 4.90 Å². The van der Waals surface area contributed by atoms with Gasteiger partial charge in [0.1, 0.15) is 12.4 Å². The van der Waals surface area contributed by atoms with Crippen molar-refractivity contribution in [3.8, 4) is 5.75 Å². The Morgan fingerprint density at radius 2 is 1.57 bits per heavy atom. The van der Waals surface area contributed by atoms with Crippen molar-refractivity contribution in [3.63, 3.8) is 0 Å². The van der Waals surface area contributed by atoms with Gasteiger partial charge in [0.25, 0.3) is 0 Å². The lowest BCUT2D eigenvalue weighted by Crippen LogP contribution is -2.46. The largest absolute Gasteiger partial charge is 0.491 e. The summed E-state index contributed by atoms with van der Waals surface area (Å²) in [6.45, 7) is 8.72. The van der Waals surface area contributed by atoms with Gasteiger partial charge in [0, 0.05) is 19.6 Å². The van der Waals surface area contributed by atoms with Crippen LogP contribution in [0.15, 0.2) is 24.3 Å². The summed E-state index contributed by atoms with van der Waals surface area (Å²) in [5.41, 5.74) is 0.509. The first-order chi connectivity index (χ1) is 14.2. The Balaban J connectivity index is 0.000000656. The summed E-state index contributed by atoms with van der Waals surface area (Å²) in [5, 5.41) is 14.8. The van der Waals surface area contributed by atoms with Crippen molar-refractivity contribution in [2.75, 3.05) is 46.6 Å². The van der Waals surface area contributed by atoms with Gasteiger partial charge in [-0.15, -0.1) is 0 Å². The van der Waals surface area contributed by atoms with Crippen molar-refractivity contribution in [3.05, 3.63) is 29.8 Å². The second-order valence-electron chi connectivity index (χ2n) is 6.60. The van der Waals surface area contributed by atoms with Crippen molar-refractivity contribution in [2.24, 2.45) is 0 Å². The summed E-state index contributed by atoms with van der Waals surface area (Å²) in [7, 11) is 1.36. The van der Waals surface area contributed by atoms with Crippen LogP contribution < -0.4 is 4.74 Å². The number of ether oxygens (including phenoxy) is 4. The Bertz CT molecular complexity index is 655. The quantitative estimate of drug-likeness (QED) is 0.353. The number of carbonyl (C=O) groups excluding carboxylic acids is 1. The van der Waals surface area contributed by atoms with Crippen LogP contribution in [0.1, 0.15) is 24.2 Å². The smallest absolute Gasteiger partial charge is 0.414 e. The number of carboxylic acid groups (broad SMARTS) is 2. The van der Waals surface area contributed by atoms with Gasteiger partial charge >= 0.3 is 17.9 Å². The number of hydrogen-bond acceptors (Lipinski definition) is 8. The molecule has 0 aliphatic carbocycles. The van der Waals surface area contributed by atoms with Gasteiger partial charge in [-0.2, -0.15) is 0 Å². The lowest BCUT2D eigenvalue weighted by Gasteiger charge is -2.35. The highest BCUT2D eigenvalue weighted by molar-refractivity contribution is 6.27. The third-order valence-corrected chi connectivity index (χ3v) is 4.00. The lowest BCUT2D eigenvalue weighted by atomic mass is 10.2. The molecular weight excluding hydrogens is 398 g/mol. The number of esters is 1. The summed E-state index contributed by atoms with van der Waals surface area (Å²) in [6.07, 6.45) is 0.565. The molecule has 1 fully saturated rings. The third kappa shape index (κ3) is 10.2. The van der Waals surface area contributed by atoms with E-state index >= 15 is 0 Å². The summed E-state index contributed by atoms with van der Waals surface area (Å²) in [4.78, 5) is 31.9. The molecule has 2 unspecified atom stereocenters. The molecule has 0 bridgehead atoms. The molecule has 10 nitrogen and oxygen atoms in total. The standard InChI is InChI=1S/C18H27NO5.C2H2O4/c1-14-12-19(13-15(2)24-14)8-9-22-10-11-23-17-6-4-16(5-7-17)18(20)21-3;3-1(4)2(5)6/h4-7,14-15H,8-13H2,1-3H3;(H,3,4)(H,5,6). The van der Waals surface area contributed by atoms with Gasteiger partial charge in [-0.05, 0) is 38.1 Å². The van der Waals surface area contributed by atoms with Crippen LogP contribution >= 0.6 is 0 Å². The fourth-order valence-corrected chi connectivity index (χ4v) is 2.79. The van der Waals surface area contributed by atoms with Crippen LogP contribution in [0.25, 0.3) is 0 Å². The Morgan fingerprint density at radius 1 is 1.00 bits per heavy atom. The average Bonchev–Trinajstić information content (AvgIpc) is 2.70. The number of nitrogens with zero attached hydrogens (tertiary/aromatic N) is 1. The van der Waals surface area contributed by atoms with Crippen LogP contribution in [0.5, 0.6) is 5.75 Å². The fourth-order valence-electron chi connectivity index (χ4n) is 2.79. The Morgan fingerprint density at radius 3 is 2.07 bits per heavy atom. The molecule has 2 rings (SSSR count). The third-order valence-electron chi connectivity index (χ3n) is 4.00. The number of benzene rings is 1. The van der Waals surface area contributed by atoms with Crippen LogP contribution in [-0.4, -0.2) is 91.8 Å². The van der Waals surface area contributed by atoms with Crippen LogP contribution in [0, 0.1) is 0 Å². The Kier molecular flexibility index (Phi) is 11.4. The first kappa shape index (κ1) is 25.3. The number of carbonyl (C=O) groups is 3. The van der Waals surface area contributed by atoms with Gasteiger partial charge in [-0.1, -0.05) is 0 Å². The van der Waals surface area contributed by atoms with E-state index in [1.54, 1.807) is 24.3 Å². The van der Waals surface area contributed by atoms with Crippen LogP contribution in [-0.2, 0) is 23.8 Å². The highest BCUT2D eigenvalue weighted by Gasteiger charge is 2.21. The Labute approximate surface area is 175 Å². The number of rotatable bonds is 8. The van der Waals surface area contributed by atoms with Crippen molar-refractivity contribution < 1.29 is 43.5 Å². The lowest BCUT2D eigenvalue weighted by molar-refractivity contribution is -0.159. The molecule has 0 aromatic heterocycles. The SMILES string of the molecule is COC(=O)c1ccc(OCCOCCN2CC(C)OC(C)C2)cc1.O=C(O)C(=O)O. The van der Waals surface area contributed by atoms with Crippen LogP contribution in [0.4, 0.5) is 0 Å². The molecule has 0 saturated carbocycles. The van der Waals surface area contributed by atoms with Gasteiger partial charge in [0.2, 0.25) is 0 Å². The summed E-state index contributed by atoms with van der Waals surface area (Å²) >= 11 is 0. The average molecular weight is 427 g/mol. The number of carboxylic acids is 2. The molecule has 2 N–H and O–H groups in total.